The topological polar surface area (TPSA) is 94.2 Å². The predicted octanol–water partition coefficient (Wildman–Crippen LogP) is 2.05. The normalized spacial score (nSPS) is 16.3. The number of sulfonamides is 1. The van der Waals surface area contributed by atoms with Crippen LogP contribution in [0.5, 0.6) is 17.2 Å². The molecule has 0 spiro atoms. The van der Waals surface area contributed by atoms with E-state index in [-0.39, 0.29) is 17.4 Å². The molecule has 4 rings (SSSR count). The number of benzene rings is 2. The van der Waals surface area contributed by atoms with E-state index in [1.54, 1.807) is 42.5 Å². The van der Waals surface area contributed by atoms with Crippen molar-refractivity contribution in [3.05, 3.63) is 48.0 Å². The molecule has 160 valence electrons. The zero-order valence-electron chi connectivity index (χ0n) is 16.5. The molecule has 0 radical (unpaired) electrons. The van der Waals surface area contributed by atoms with E-state index in [4.69, 9.17) is 14.2 Å². The molecule has 2 aliphatic rings. The van der Waals surface area contributed by atoms with E-state index in [1.165, 1.54) is 4.31 Å². The highest BCUT2D eigenvalue weighted by Gasteiger charge is 2.26. The van der Waals surface area contributed by atoms with Crippen LogP contribution in [-0.4, -0.2) is 58.1 Å². The Hall–Kier alpha value is -2.78. The number of fused-ring (bicyclic) bond motifs is 1. The van der Waals surface area contributed by atoms with Gasteiger partial charge in [-0.3, -0.25) is 4.79 Å². The molecule has 0 aliphatic carbocycles. The molecule has 1 N–H and O–H groups in total. The number of hydrogen-bond acceptors (Lipinski definition) is 6. The SMILES string of the molecule is O=C(NCCOc1ccc(S(=O)(=O)N2CCCC2)cc1)c1ccc2c(c1)OCCO2. The average Bonchev–Trinajstić information content (AvgIpc) is 3.32. The van der Waals surface area contributed by atoms with Gasteiger partial charge in [0, 0.05) is 18.7 Å². The van der Waals surface area contributed by atoms with Crippen molar-refractivity contribution >= 4 is 15.9 Å². The summed E-state index contributed by atoms with van der Waals surface area (Å²) in [5.74, 6) is 1.51. The maximum Gasteiger partial charge on any atom is 0.251 e. The molecule has 2 aromatic carbocycles. The lowest BCUT2D eigenvalue weighted by Crippen LogP contribution is -2.28. The van der Waals surface area contributed by atoms with Gasteiger partial charge in [-0.05, 0) is 55.3 Å². The molecule has 1 amide bonds. The molecule has 0 unspecified atom stereocenters. The van der Waals surface area contributed by atoms with Crippen LogP contribution >= 0.6 is 0 Å². The van der Waals surface area contributed by atoms with Crippen LogP contribution in [0, 0.1) is 0 Å². The van der Waals surface area contributed by atoms with Crippen LogP contribution in [0.2, 0.25) is 0 Å². The van der Waals surface area contributed by atoms with E-state index in [1.807, 2.05) is 0 Å². The molecule has 0 atom stereocenters. The Morgan fingerprint density at radius 1 is 1.00 bits per heavy atom. The summed E-state index contributed by atoms with van der Waals surface area (Å²) in [5.41, 5.74) is 0.482. The minimum atomic E-state index is -3.43. The quantitative estimate of drug-likeness (QED) is 0.673. The Labute approximate surface area is 175 Å². The highest BCUT2D eigenvalue weighted by atomic mass is 32.2. The van der Waals surface area contributed by atoms with Gasteiger partial charge in [0.2, 0.25) is 10.0 Å². The lowest BCUT2D eigenvalue weighted by atomic mass is 10.2. The summed E-state index contributed by atoms with van der Waals surface area (Å²) in [5, 5.41) is 2.79. The number of carbonyl (C=O) groups excluding carboxylic acids is 1. The third-order valence-corrected chi connectivity index (χ3v) is 6.90. The van der Waals surface area contributed by atoms with Crippen molar-refractivity contribution < 1.29 is 27.4 Å². The molecule has 2 heterocycles. The molecule has 0 saturated carbocycles. The average molecular weight is 432 g/mol. The summed E-state index contributed by atoms with van der Waals surface area (Å²) in [6, 6.07) is 11.4. The highest BCUT2D eigenvalue weighted by Crippen LogP contribution is 2.30. The van der Waals surface area contributed by atoms with Gasteiger partial charge in [0.1, 0.15) is 25.6 Å². The fraction of sp³-hybridized carbons (Fsp3) is 0.381. The molecule has 9 heteroatoms. The fourth-order valence-electron chi connectivity index (χ4n) is 3.41. The zero-order chi connectivity index (χ0) is 21.0. The van der Waals surface area contributed by atoms with Crippen molar-refractivity contribution in [1.82, 2.24) is 9.62 Å². The third-order valence-electron chi connectivity index (χ3n) is 4.99. The van der Waals surface area contributed by atoms with E-state index in [0.29, 0.717) is 55.7 Å². The van der Waals surface area contributed by atoms with Crippen LogP contribution in [0.25, 0.3) is 0 Å². The number of nitrogens with zero attached hydrogens (tertiary/aromatic N) is 1. The Morgan fingerprint density at radius 3 is 2.43 bits per heavy atom. The van der Waals surface area contributed by atoms with Gasteiger partial charge < -0.3 is 19.5 Å². The van der Waals surface area contributed by atoms with Crippen LogP contribution < -0.4 is 19.5 Å². The maximum absolute atomic E-state index is 12.5. The number of hydrogen-bond donors (Lipinski definition) is 1. The lowest BCUT2D eigenvalue weighted by molar-refractivity contribution is 0.0945. The number of carbonyl (C=O) groups is 1. The monoisotopic (exact) mass is 432 g/mol. The minimum Gasteiger partial charge on any atom is -0.492 e. The Bertz CT molecular complexity index is 1000. The van der Waals surface area contributed by atoms with E-state index in [2.05, 4.69) is 5.32 Å². The van der Waals surface area contributed by atoms with Gasteiger partial charge in [-0.15, -0.1) is 0 Å². The first-order chi connectivity index (χ1) is 14.5. The summed E-state index contributed by atoms with van der Waals surface area (Å²) in [4.78, 5) is 12.6. The number of rotatable bonds is 7. The molecule has 1 fully saturated rings. The van der Waals surface area contributed by atoms with Crippen LogP contribution in [0.1, 0.15) is 23.2 Å². The highest BCUT2D eigenvalue weighted by molar-refractivity contribution is 7.89. The van der Waals surface area contributed by atoms with Gasteiger partial charge in [-0.1, -0.05) is 0 Å². The van der Waals surface area contributed by atoms with Crippen molar-refractivity contribution in [3.63, 3.8) is 0 Å². The van der Waals surface area contributed by atoms with Crippen molar-refractivity contribution in [2.24, 2.45) is 0 Å². The maximum atomic E-state index is 12.5. The molecular formula is C21H24N2O6S. The number of amides is 1. The third kappa shape index (κ3) is 4.52. The van der Waals surface area contributed by atoms with Crippen molar-refractivity contribution in [3.8, 4) is 17.2 Å². The second-order valence-corrected chi connectivity index (χ2v) is 8.98. The Balaban J connectivity index is 1.26. The number of nitrogens with one attached hydrogen (secondary N) is 1. The first-order valence-corrected chi connectivity index (χ1v) is 11.4. The van der Waals surface area contributed by atoms with Gasteiger partial charge in [0.05, 0.1) is 11.4 Å². The predicted molar refractivity (Wildman–Crippen MR) is 110 cm³/mol. The molecule has 0 bridgehead atoms. The van der Waals surface area contributed by atoms with Crippen molar-refractivity contribution in [1.29, 1.82) is 0 Å². The minimum absolute atomic E-state index is 0.234. The van der Waals surface area contributed by atoms with Crippen molar-refractivity contribution in [2.75, 3.05) is 39.5 Å². The van der Waals surface area contributed by atoms with Gasteiger partial charge in [-0.25, -0.2) is 8.42 Å². The fourth-order valence-corrected chi connectivity index (χ4v) is 4.92. The number of ether oxygens (including phenoxy) is 3. The van der Waals surface area contributed by atoms with E-state index < -0.39 is 10.0 Å². The molecule has 2 aromatic rings. The molecule has 2 aliphatic heterocycles. The lowest BCUT2D eigenvalue weighted by Gasteiger charge is -2.18. The first-order valence-electron chi connectivity index (χ1n) is 9.95. The second-order valence-electron chi connectivity index (χ2n) is 7.05. The largest absolute Gasteiger partial charge is 0.492 e. The summed E-state index contributed by atoms with van der Waals surface area (Å²) in [6.07, 6.45) is 1.80. The Kier molecular flexibility index (Phi) is 6.10. The van der Waals surface area contributed by atoms with Gasteiger partial charge >= 0.3 is 0 Å². The zero-order valence-corrected chi connectivity index (χ0v) is 17.3. The smallest absolute Gasteiger partial charge is 0.251 e. The van der Waals surface area contributed by atoms with Crippen LogP contribution in [0.3, 0.4) is 0 Å². The summed E-state index contributed by atoms with van der Waals surface area (Å²) in [7, 11) is -3.43. The molecule has 8 nitrogen and oxygen atoms in total. The van der Waals surface area contributed by atoms with E-state index >= 15 is 0 Å². The summed E-state index contributed by atoms with van der Waals surface area (Å²) in [6.45, 7) is 2.67. The van der Waals surface area contributed by atoms with Crippen LogP contribution in [-0.2, 0) is 10.0 Å². The Morgan fingerprint density at radius 2 is 1.70 bits per heavy atom. The standard InChI is InChI=1S/C21H24N2O6S/c24-21(16-3-8-19-20(15-16)29-14-13-28-19)22-9-12-27-17-4-6-18(7-5-17)30(25,26)23-10-1-2-11-23/h3-8,15H,1-2,9-14H2,(H,22,24). The molecule has 0 aromatic heterocycles. The summed E-state index contributed by atoms with van der Waals surface area (Å²) >= 11 is 0. The summed E-state index contributed by atoms with van der Waals surface area (Å²) < 4.78 is 43.1. The molecule has 30 heavy (non-hydrogen) atoms. The first kappa shape index (κ1) is 20.5. The van der Waals surface area contributed by atoms with Gasteiger partial charge in [0.25, 0.3) is 5.91 Å². The van der Waals surface area contributed by atoms with Gasteiger partial charge in [0.15, 0.2) is 11.5 Å². The van der Waals surface area contributed by atoms with Gasteiger partial charge in [-0.2, -0.15) is 4.31 Å². The van der Waals surface area contributed by atoms with E-state index in [0.717, 1.165) is 12.8 Å². The van der Waals surface area contributed by atoms with Crippen molar-refractivity contribution in [2.45, 2.75) is 17.7 Å². The van der Waals surface area contributed by atoms with Crippen LogP contribution in [0.15, 0.2) is 47.4 Å². The molecule has 1 saturated heterocycles. The van der Waals surface area contributed by atoms with E-state index in [9.17, 15) is 13.2 Å². The van der Waals surface area contributed by atoms with Crippen LogP contribution in [0.4, 0.5) is 0 Å². The molecular weight excluding hydrogens is 408 g/mol. The second kappa shape index (κ2) is 8.93.